The zero-order valence-electron chi connectivity index (χ0n) is 7.71. The molecule has 0 spiro atoms. The maximum atomic E-state index is 10.9. The molecule has 1 aromatic rings. The number of nitrogens with two attached hydrogens (primary N) is 1. The first kappa shape index (κ1) is 10.1. The van der Waals surface area contributed by atoms with Gasteiger partial charge in [0.05, 0.1) is 5.92 Å². The molecule has 2 N–H and O–H groups in total. The Balaban J connectivity index is 2.93. The molecule has 1 atom stereocenters. The second-order valence-electron chi connectivity index (χ2n) is 2.91. The molecule has 0 aliphatic rings. The minimum Gasteiger partial charge on any atom is -0.369 e. The Morgan fingerprint density at radius 2 is 2.07 bits per heavy atom. The second kappa shape index (κ2) is 4.30. The summed E-state index contributed by atoms with van der Waals surface area (Å²) in [6, 6.07) is 6.74. The molecule has 0 heterocycles. The third kappa shape index (κ3) is 2.24. The Hall–Kier alpha value is -2.00. The molecule has 1 aromatic carbocycles. The molecular formula is C9H10N4O. The molecule has 0 saturated carbocycles. The van der Waals surface area contributed by atoms with Crippen molar-refractivity contribution in [1.82, 2.24) is 0 Å². The van der Waals surface area contributed by atoms with Crippen LogP contribution in [0.1, 0.15) is 18.4 Å². The first-order valence-electron chi connectivity index (χ1n) is 4.09. The van der Waals surface area contributed by atoms with Crippen LogP contribution in [0.2, 0.25) is 0 Å². The lowest BCUT2D eigenvalue weighted by Crippen LogP contribution is -2.18. The van der Waals surface area contributed by atoms with Gasteiger partial charge in [0.2, 0.25) is 5.91 Å². The van der Waals surface area contributed by atoms with Gasteiger partial charge in [0.15, 0.2) is 0 Å². The van der Waals surface area contributed by atoms with Gasteiger partial charge in [-0.3, -0.25) is 4.79 Å². The number of nitrogens with zero attached hydrogens (tertiary/aromatic N) is 3. The third-order valence-corrected chi connectivity index (χ3v) is 1.98. The molecule has 14 heavy (non-hydrogen) atoms. The van der Waals surface area contributed by atoms with E-state index in [0.717, 1.165) is 5.56 Å². The van der Waals surface area contributed by atoms with Gasteiger partial charge in [0.1, 0.15) is 0 Å². The zero-order valence-corrected chi connectivity index (χ0v) is 7.71. The van der Waals surface area contributed by atoms with Crippen molar-refractivity contribution in [2.24, 2.45) is 10.8 Å². The highest BCUT2D eigenvalue weighted by molar-refractivity contribution is 5.81. The van der Waals surface area contributed by atoms with E-state index >= 15 is 0 Å². The predicted molar refractivity (Wildman–Crippen MR) is 52.9 cm³/mol. The van der Waals surface area contributed by atoms with Gasteiger partial charge in [-0.1, -0.05) is 29.4 Å². The molecule has 0 radical (unpaired) electrons. The van der Waals surface area contributed by atoms with Crippen molar-refractivity contribution in [3.63, 3.8) is 0 Å². The van der Waals surface area contributed by atoms with E-state index < -0.39 is 0 Å². The van der Waals surface area contributed by atoms with Gasteiger partial charge in [0, 0.05) is 10.6 Å². The third-order valence-electron chi connectivity index (χ3n) is 1.98. The maximum absolute atomic E-state index is 10.9. The number of amides is 1. The predicted octanol–water partition coefficient (Wildman–Crippen LogP) is 2.22. The highest BCUT2D eigenvalue weighted by Crippen LogP contribution is 2.19. The Labute approximate surface area is 81.2 Å². The topological polar surface area (TPSA) is 91.9 Å². The standard InChI is InChI=1S/C9H10N4O/c1-6(9(10)14)7-2-4-8(5-3-7)12-13-11/h2-6H,1H3,(H2,10,14). The first-order valence-corrected chi connectivity index (χ1v) is 4.09. The van der Waals surface area contributed by atoms with Crippen LogP contribution in [0, 0.1) is 0 Å². The Bertz CT molecular complexity index is 378. The van der Waals surface area contributed by atoms with Crippen molar-refractivity contribution in [3.05, 3.63) is 40.3 Å². The highest BCUT2D eigenvalue weighted by atomic mass is 16.1. The average Bonchev–Trinajstić information content (AvgIpc) is 2.18. The Morgan fingerprint density at radius 3 is 2.50 bits per heavy atom. The molecule has 0 aromatic heterocycles. The maximum Gasteiger partial charge on any atom is 0.224 e. The van der Waals surface area contributed by atoms with Crippen LogP contribution in [0.25, 0.3) is 10.4 Å². The van der Waals surface area contributed by atoms with Gasteiger partial charge in [-0.15, -0.1) is 0 Å². The van der Waals surface area contributed by atoms with E-state index in [1.165, 1.54) is 0 Å². The number of primary amides is 1. The summed E-state index contributed by atoms with van der Waals surface area (Å²) in [5.41, 5.74) is 14.6. The van der Waals surface area contributed by atoms with E-state index in [4.69, 9.17) is 11.3 Å². The molecule has 5 heteroatoms. The van der Waals surface area contributed by atoms with Crippen LogP contribution in [-0.4, -0.2) is 5.91 Å². The van der Waals surface area contributed by atoms with Crippen molar-refractivity contribution in [1.29, 1.82) is 0 Å². The number of hydrogen-bond donors (Lipinski definition) is 1. The van der Waals surface area contributed by atoms with Crippen LogP contribution in [0.15, 0.2) is 29.4 Å². The SMILES string of the molecule is CC(C(N)=O)c1ccc(N=[N+]=[N-])cc1. The van der Waals surface area contributed by atoms with E-state index in [-0.39, 0.29) is 11.8 Å². The number of hydrogen-bond acceptors (Lipinski definition) is 2. The van der Waals surface area contributed by atoms with E-state index in [9.17, 15) is 4.79 Å². The monoisotopic (exact) mass is 190 g/mol. The molecule has 0 saturated heterocycles. The van der Waals surface area contributed by atoms with Crippen LogP contribution in [-0.2, 0) is 4.79 Å². The fraction of sp³-hybridized carbons (Fsp3) is 0.222. The van der Waals surface area contributed by atoms with Crippen molar-refractivity contribution in [3.8, 4) is 0 Å². The molecule has 1 rings (SSSR count). The van der Waals surface area contributed by atoms with E-state index in [1.54, 1.807) is 31.2 Å². The lowest BCUT2D eigenvalue weighted by atomic mass is 10.0. The minimum atomic E-state index is -0.374. The fourth-order valence-corrected chi connectivity index (χ4v) is 1.05. The van der Waals surface area contributed by atoms with Crippen molar-refractivity contribution < 1.29 is 4.79 Å². The van der Waals surface area contributed by atoms with Crippen LogP contribution < -0.4 is 5.73 Å². The molecule has 5 nitrogen and oxygen atoms in total. The van der Waals surface area contributed by atoms with Gasteiger partial charge in [-0.25, -0.2) is 0 Å². The molecule has 0 aliphatic heterocycles. The Kier molecular flexibility index (Phi) is 3.09. The van der Waals surface area contributed by atoms with Crippen LogP contribution in [0.3, 0.4) is 0 Å². The van der Waals surface area contributed by atoms with Crippen LogP contribution >= 0.6 is 0 Å². The van der Waals surface area contributed by atoms with Crippen molar-refractivity contribution in [2.75, 3.05) is 0 Å². The van der Waals surface area contributed by atoms with Crippen LogP contribution in [0.4, 0.5) is 5.69 Å². The van der Waals surface area contributed by atoms with Gasteiger partial charge in [-0.05, 0) is 18.0 Å². The summed E-state index contributed by atoms with van der Waals surface area (Å²) in [6.07, 6.45) is 0. The van der Waals surface area contributed by atoms with Gasteiger partial charge < -0.3 is 5.73 Å². The van der Waals surface area contributed by atoms with Gasteiger partial charge in [0.25, 0.3) is 0 Å². The lowest BCUT2D eigenvalue weighted by Gasteiger charge is -2.06. The number of benzene rings is 1. The van der Waals surface area contributed by atoms with Crippen molar-refractivity contribution >= 4 is 11.6 Å². The summed E-state index contributed by atoms with van der Waals surface area (Å²) in [7, 11) is 0. The quantitative estimate of drug-likeness (QED) is 0.441. The summed E-state index contributed by atoms with van der Waals surface area (Å²) < 4.78 is 0. The van der Waals surface area contributed by atoms with E-state index in [0.29, 0.717) is 5.69 Å². The van der Waals surface area contributed by atoms with Gasteiger partial charge >= 0.3 is 0 Å². The minimum absolute atomic E-state index is 0.324. The van der Waals surface area contributed by atoms with E-state index in [2.05, 4.69) is 10.0 Å². The van der Waals surface area contributed by atoms with Crippen molar-refractivity contribution in [2.45, 2.75) is 12.8 Å². The van der Waals surface area contributed by atoms with E-state index in [1.807, 2.05) is 0 Å². The molecule has 0 fully saturated rings. The fourth-order valence-electron chi connectivity index (χ4n) is 1.05. The first-order chi connectivity index (χ1) is 6.65. The smallest absolute Gasteiger partial charge is 0.224 e. The molecule has 0 aliphatic carbocycles. The number of carbonyl (C=O) groups is 1. The summed E-state index contributed by atoms with van der Waals surface area (Å²) in [5.74, 6) is -0.698. The van der Waals surface area contributed by atoms with Gasteiger partial charge in [-0.2, -0.15) is 0 Å². The molecule has 72 valence electrons. The number of rotatable bonds is 3. The average molecular weight is 190 g/mol. The molecule has 0 bridgehead atoms. The molecular weight excluding hydrogens is 180 g/mol. The lowest BCUT2D eigenvalue weighted by molar-refractivity contribution is -0.119. The summed E-state index contributed by atoms with van der Waals surface area (Å²) in [6.45, 7) is 1.73. The number of azide groups is 1. The summed E-state index contributed by atoms with van der Waals surface area (Å²) in [5, 5.41) is 3.42. The molecule has 1 unspecified atom stereocenters. The molecule has 1 amide bonds. The zero-order chi connectivity index (χ0) is 10.6. The number of carbonyl (C=O) groups excluding carboxylic acids is 1. The summed E-state index contributed by atoms with van der Waals surface area (Å²) in [4.78, 5) is 13.5. The highest BCUT2D eigenvalue weighted by Gasteiger charge is 2.10. The normalized spacial score (nSPS) is 11.5. The summed E-state index contributed by atoms with van der Waals surface area (Å²) >= 11 is 0. The largest absolute Gasteiger partial charge is 0.369 e. The van der Waals surface area contributed by atoms with Crippen LogP contribution in [0.5, 0.6) is 0 Å². The Morgan fingerprint density at radius 1 is 1.50 bits per heavy atom. The second-order valence-corrected chi connectivity index (χ2v) is 2.91.